The molecule has 2 rings (SSSR count). The van der Waals surface area contributed by atoms with Crippen LogP contribution in [0.4, 0.5) is 4.79 Å². The van der Waals surface area contributed by atoms with Gasteiger partial charge in [-0.2, -0.15) is 0 Å². The lowest BCUT2D eigenvalue weighted by Crippen LogP contribution is -2.54. The Labute approximate surface area is 104 Å². The first-order valence-electron chi connectivity index (χ1n) is 6.63. The Morgan fingerprint density at radius 2 is 1.88 bits per heavy atom. The minimum atomic E-state index is 0.231. The topological polar surface area (TPSA) is 38.8 Å². The standard InChI is InChI=1S/C12H24N4O/c1-11-10-14(2)6-3-7-16(11)12(17)15-8-4-13-5-9-15/h11,13H,3-10H2,1-2H3. The zero-order valence-corrected chi connectivity index (χ0v) is 11.0. The second-order valence-electron chi connectivity index (χ2n) is 5.18. The molecule has 0 bridgehead atoms. The first-order chi connectivity index (χ1) is 8.18. The van der Waals surface area contributed by atoms with E-state index in [1.54, 1.807) is 0 Å². The number of piperazine rings is 1. The number of carbonyl (C=O) groups is 1. The van der Waals surface area contributed by atoms with Crippen molar-refractivity contribution in [3.8, 4) is 0 Å². The molecule has 2 aliphatic heterocycles. The fraction of sp³-hybridized carbons (Fsp3) is 0.917. The van der Waals surface area contributed by atoms with Gasteiger partial charge in [0.05, 0.1) is 0 Å². The SMILES string of the molecule is CC1CN(C)CCCN1C(=O)N1CCNCC1. The highest BCUT2D eigenvalue weighted by Crippen LogP contribution is 2.11. The number of likely N-dealkylation sites (N-methyl/N-ethyl adjacent to an activating group) is 1. The molecule has 17 heavy (non-hydrogen) atoms. The van der Waals surface area contributed by atoms with E-state index in [1.165, 1.54) is 0 Å². The smallest absolute Gasteiger partial charge is 0.320 e. The Morgan fingerprint density at radius 3 is 2.59 bits per heavy atom. The van der Waals surface area contributed by atoms with Crippen molar-refractivity contribution in [1.82, 2.24) is 20.0 Å². The van der Waals surface area contributed by atoms with Gasteiger partial charge in [-0.05, 0) is 26.9 Å². The van der Waals surface area contributed by atoms with Crippen molar-refractivity contribution >= 4 is 6.03 Å². The van der Waals surface area contributed by atoms with Gasteiger partial charge >= 0.3 is 6.03 Å². The van der Waals surface area contributed by atoms with Gasteiger partial charge in [-0.15, -0.1) is 0 Å². The highest BCUT2D eigenvalue weighted by atomic mass is 16.2. The maximum Gasteiger partial charge on any atom is 0.320 e. The van der Waals surface area contributed by atoms with E-state index in [4.69, 9.17) is 0 Å². The summed E-state index contributed by atoms with van der Waals surface area (Å²) >= 11 is 0. The molecule has 2 saturated heterocycles. The van der Waals surface area contributed by atoms with Crippen LogP contribution in [0, 0.1) is 0 Å². The van der Waals surface area contributed by atoms with Crippen LogP contribution < -0.4 is 5.32 Å². The summed E-state index contributed by atoms with van der Waals surface area (Å²) in [6.45, 7) is 8.67. The van der Waals surface area contributed by atoms with E-state index < -0.39 is 0 Å². The molecule has 1 N–H and O–H groups in total. The van der Waals surface area contributed by atoms with Gasteiger partial charge in [0.1, 0.15) is 0 Å². The monoisotopic (exact) mass is 240 g/mol. The molecule has 5 nitrogen and oxygen atoms in total. The number of nitrogens with zero attached hydrogens (tertiary/aromatic N) is 3. The van der Waals surface area contributed by atoms with Crippen molar-refractivity contribution in [2.45, 2.75) is 19.4 Å². The Kier molecular flexibility index (Phi) is 4.23. The molecule has 0 aromatic carbocycles. The van der Waals surface area contributed by atoms with Gasteiger partial charge in [0.25, 0.3) is 0 Å². The number of amides is 2. The van der Waals surface area contributed by atoms with Crippen molar-refractivity contribution < 1.29 is 4.79 Å². The third-order valence-corrected chi connectivity index (χ3v) is 3.68. The molecule has 0 aliphatic carbocycles. The molecule has 0 aromatic heterocycles. The van der Waals surface area contributed by atoms with Gasteiger partial charge in [0.15, 0.2) is 0 Å². The second-order valence-corrected chi connectivity index (χ2v) is 5.18. The quantitative estimate of drug-likeness (QED) is 0.650. The van der Waals surface area contributed by atoms with Crippen LogP contribution in [0.2, 0.25) is 0 Å². The van der Waals surface area contributed by atoms with Crippen LogP contribution >= 0.6 is 0 Å². The fourth-order valence-electron chi connectivity index (χ4n) is 2.69. The molecule has 2 aliphatic rings. The average Bonchev–Trinajstić information content (AvgIpc) is 2.50. The minimum Gasteiger partial charge on any atom is -0.322 e. The zero-order valence-electron chi connectivity index (χ0n) is 11.0. The highest BCUT2D eigenvalue weighted by Gasteiger charge is 2.28. The lowest BCUT2D eigenvalue weighted by Gasteiger charge is -2.35. The third-order valence-electron chi connectivity index (χ3n) is 3.68. The lowest BCUT2D eigenvalue weighted by atomic mass is 10.2. The van der Waals surface area contributed by atoms with Gasteiger partial charge in [-0.1, -0.05) is 0 Å². The van der Waals surface area contributed by atoms with Crippen LogP contribution in [0.1, 0.15) is 13.3 Å². The Morgan fingerprint density at radius 1 is 1.18 bits per heavy atom. The normalized spacial score (nSPS) is 28.0. The average molecular weight is 240 g/mol. The molecule has 5 heteroatoms. The second kappa shape index (κ2) is 5.69. The first-order valence-corrected chi connectivity index (χ1v) is 6.63. The highest BCUT2D eigenvalue weighted by molar-refractivity contribution is 5.75. The number of hydrogen-bond donors (Lipinski definition) is 1. The molecule has 1 unspecified atom stereocenters. The van der Waals surface area contributed by atoms with Crippen molar-refractivity contribution in [2.24, 2.45) is 0 Å². The van der Waals surface area contributed by atoms with Crippen LogP contribution in [0.15, 0.2) is 0 Å². The summed E-state index contributed by atoms with van der Waals surface area (Å²) in [5, 5.41) is 3.28. The summed E-state index contributed by atoms with van der Waals surface area (Å²) in [7, 11) is 2.13. The van der Waals surface area contributed by atoms with E-state index in [0.717, 1.165) is 52.2 Å². The lowest BCUT2D eigenvalue weighted by molar-refractivity contribution is 0.131. The van der Waals surface area contributed by atoms with Crippen molar-refractivity contribution in [3.63, 3.8) is 0 Å². The van der Waals surface area contributed by atoms with E-state index in [9.17, 15) is 4.79 Å². The van der Waals surface area contributed by atoms with Crippen molar-refractivity contribution in [2.75, 3.05) is 52.9 Å². The summed E-state index contributed by atoms with van der Waals surface area (Å²) in [6, 6.07) is 0.555. The molecule has 98 valence electrons. The molecular formula is C12H24N4O. The van der Waals surface area contributed by atoms with Crippen LogP contribution in [0.5, 0.6) is 0 Å². The molecule has 2 heterocycles. The number of rotatable bonds is 0. The van der Waals surface area contributed by atoms with E-state index in [1.807, 2.05) is 4.90 Å². The maximum atomic E-state index is 12.4. The summed E-state index contributed by atoms with van der Waals surface area (Å²) in [4.78, 5) is 18.8. The number of hydrogen-bond acceptors (Lipinski definition) is 3. The molecule has 2 amide bonds. The van der Waals surface area contributed by atoms with E-state index in [0.29, 0.717) is 6.04 Å². The van der Waals surface area contributed by atoms with Gasteiger partial charge in [0, 0.05) is 45.3 Å². The number of urea groups is 1. The molecule has 0 saturated carbocycles. The maximum absolute atomic E-state index is 12.4. The first kappa shape index (κ1) is 12.6. The Hall–Kier alpha value is -0.810. The van der Waals surface area contributed by atoms with Crippen LogP contribution in [-0.4, -0.2) is 79.6 Å². The van der Waals surface area contributed by atoms with Gasteiger partial charge < -0.3 is 20.0 Å². The molecule has 1 atom stereocenters. The summed E-state index contributed by atoms with van der Waals surface area (Å²) in [5.74, 6) is 0. The molecular weight excluding hydrogens is 216 g/mol. The van der Waals surface area contributed by atoms with E-state index in [-0.39, 0.29) is 6.03 Å². The van der Waals surface area contributed by atoms with E-state index in [2.05, 4.69) is 29.1 Å². The fourth-order valence-corrected chi connectivity index (χ4v) is 2.69. The zero-order chi connectivity index (χ0) is 12.3. The van der Waals surface area contributed by atoms with Crippen LogP contribution in [0.25, 0.3) is 0 Å². The predicted octanol–water partition coefficient (Wildman–Crippen LogP) is 0.0376. The van der Waals surface area contributed by atoms with Crippen LogP contribution in [0.3, 0.4) is 0 Å². The van der Waals surface area contributed by atoms with Crippen molar-refractivity contribution in [3.05, 3.63) is 0 Å². The van der Waals surface area contributed by atoms with Gasteiger partial charge in [-0.25, -0.2) is 4.79 Å². The minimum absolute atomic E-state index is 0.231. The summed E-state index contributed by atoms with van der Waals surface area (Å²) < 4.78 is 0. The largest absolute Gasteiger partial charge is 0.322 e. The summed E-state index contributed by atoms with van der Waals surface area (Å²) in [5.41, 5.74) is 0. The number of carbonyl (C=O) groups excluding carboxylic acids is 1. The van der Waals surface area contributed by atoms with E-state index >= 15 is 0 Å². The van der Waals surface area contributed by atoms with Gasteiger partial charge in [-0.3, -0.25) is 0 Å². The predicted molar refractivity (Wildman–Crippen MR) is 68.1 cm³/mol. The third kappa shape index (κ3) is 3.10. The Bertz CT molecular complexity index is 265. The van der Waals surface area contributed by atoms with Gasteiger partial charge in [0.2, 0.25) is 0 Å². The molecule has 0 aromatic rings. The number of nitrogens with one attached hydrogen (secondary N) is 1. The van der Waals surface area contributed by atoms with Crippen LogP contribution in [-0.2, 0) is 0 Å². The molecule has 0 spiro atoms. The summed E-state index contributed by atoms with van der Waals surface area (Å²) in [6.07, 6.45) is 1.08. The Balaban J connectivity index is 1.96. The molecule has 0 radical (unpaired) electrons. The van der Waals surface area contributed by atoms with Crippen molar-refractivity contribution in [1.29, 1.82) is 0 Å². The molecule has 2 fully saturated rings.